The van der Waals surface area contributed by atoms with E-state index in [0.717, 1.165) is 29.3 Å². The highest BCUT2D eigenvalue weighted by atomic mass is 16.7. The monoisotopic (exact) mass is 463 g/mol. The maximum absolute atomic E-state index is 13.6. The number of hydrogen-bond acceptors (Lipinski definition) is 6. The molecule has 0 heterocycles. The minimum Gasteiger partial charge on any atom is -0.326 e. The summed E-state index contributed by atoms with van der Waals surface area (Å²) in [7, 11) is 0. The van der Waals surface area contributed by atoms with Crippen molar-refractivity contribution in [3.8, 4) is 0 Å². The fraction of sp³-hybridized carbons (Fsp3) is 0.423. The van der Waals surface area contributed by atoms with Crippen molar-refractivity contribution < 1.29 is 19.3 Å². The summed E-state index contributed by atoms with van der Waals surface area (Å²) in [5.74, 6) is -0.825. The summed E-state index contributed by atoms with van der Waals surface area (Å²) >= 11 is 0. The first kappa shape index (κ1) is 23.6. The predicted molar refractivity (Wildman–Crippen MR) is 129 cm³/mol. The van der Waals surface area contributed by atoms with E-state index in [1.807, 2.05) is 32.0 Å². The first-order valence-corrected chi connectivity index (χ1v) is 11.3. The van der Waals surface area contributed by atoms with E-state index in [1.165, 1.54) is 18.2 Å². The Bertz CT molecular complexity index is 1230. The lowest BCUT2D eigenvalue weighted by molar-refractivity contribution is -0.384. The van der Waals surface area contributed by atoms with Crippen LogP contribution in [0.2, 0.25) is 0 Å². The third-order valence-electron chi connectivity index (χ3n) is 8.46. The average molecular weight is 464 g/mol. The summed E-state index contributed by atoms with van der Waals surface area (Å²) in [6, 6.07) is 11.2. The third kappa shape index (κ3) is 3.48. The summed E-state index contributed by atoms with van der Waals surface area (Å²) in [5, 5.41) is 18.3. The maximum Gasteiger partial charge on any atom is 0.365 e. The van der Waals surface area contributed by atoms with Gasteiger partial charge >= 0.3 is 5.97 Å². The van der Waals surface area contributed by atoms with Gasteiger partial charge in [-0.05, 0) is 61.4 Å². The second-order valence-electron chi connectivity index (χ2n) is 10.2. The molecule has 2 aromatic rings. The first-order chi connectivity index (χ1) is 15.9. The van der Waals surface area contributed by atoms with Crippen molar-refractivity contribution in [1.29, 1.82) is 0 Å². The number of carbonyl (C=O) groups is 2. The van der Waals surface area contributed by atoms with Crippen LogP contribution >= 0.6 is 0 Å². The maximum atomic E-state index is 13.6. The van der Waals surface area contributed by atoms with Crippen molar-refractivity contribution in [3.63, 3.8) is 0 Å². The Morgan fingerprint density at radius 1 is 1.06 bits per heavy atom. The predicted octanol–water partition coefficient (Wildman–Crippen LogP) is 5.58. The van der Waals surface area contributed by atoms with E-state index in [-0.39, 0.29) is 17.2 Å². The minimum absolute atomic E-state index is 0.0494. The number of fused-ring (bicyclic) bond motifs is 2. The molecule has 34 heavy (non-hydrogen) atoms. The van der Waals surface area contributed by atoms with Crippen molar-refractivity contribution in [2.75, 3.05) is 5.32 Å². The summed E-state index contributed by atoms with van der Waals surface area (Å²) in [6.45, 7) is 10.2. The molecule has 2 unspecified atom stereocenters. The summed E-state index contributed by atoms with van der Waals surface area (Å²) in [4.78, 5) is 41.8. The van der Waals surface area contributed by atoms with Crippen LogP contribution in [0.4, 0.5) is 11.4 Å². The second-order valence-corrected chi connectivity index (χ2v) is 10.2. The highest BCUT2D eigenvalue weighted by Gasteiger charge is 2.71. The quantitative estimate of drug-likeness (QED) is 0.353. The van der Waals surface area contributed by atoms with Crippen LogP contribution in [-0.4, -0.2) is 22.5 Å². The van der Waals surface area contributed by atoms with Crippen molar-refractivity contribution in [2.45, 2.75) is 53.9 Å². The summed E-state index contributed by atoms with van der Waals surface area (Å²) in [6.07, 6.45) is 1.84. The number of nitrogens with zero attached hydrogens (tertiary/aromatic N) is 2. The molecule has 0 spiro atoms. The van der Waals surface area contributed by atoms with Crippen molar-refractivity contribution >= 4 is 29.0 Å². The van der Waals surface area contributed by atoms with Crippen LogP contribution in [0.1, 0.15) is 61.5 Å². The molecule has 2 aliphatic carbocycles. The number of rotatable bonds is 5. The lowest BCUT2D eigenvalue weighted by Gasteiger charge is -2.39. The smallest absolute Gasteiger partial charge is 0.326 e. The SMILES string of the molecule is Cc1ccc(NC(=O)C23CCC(C)(C(=NOC(=O)c4cccc([N+](=O)[O-])c4)C2)C3(C)C)cc1C. The molecule has 2 saturated carbocycles. The van der Waals surface area contributed by atoms with Gasteiger partial charge in [0.15, 0.2) is 0 Å². The standard InChI is InChI=1S/C26H29N3O5/c1-16-9-10-19(13-17(16)2)27-23(31)26-12-11-25(5,24(26,3)4)21(15-26)28-34-22(30)18-7-6-8-20(14-18)29(32)33/h6-10,13-14H,11-12,15H2,1-5H3,(H,27,31). The molecule has 178 valence electrons. The number of oxime groups is 1. The Hall–Kier alpha value is -3.55. The molecule has 2 fully saturated rings. The molecule has 0 saturated heterocycles. The van der Waals surface area contributed by atoms with E-state index in [0.29, 0.717) is 18.6 Å². The molecule has 0 aliphatic heterocycles. The van der Waals surface area contributed by atoms with Gasteiger partial charge in [-0.1, -0.05) is 38.1 Å². The van der Waals surface area contributed by atoms with Crippen molar-refractivity contribution in [1.82, 2.24) is 0 Å². The number of anilines is 1. The van der Waals surface area contributed by atoms with Gasteiger partial charge in [-0.15, -0.1) is 0 Å². The Morgan fingerprint density at radius 2 is 1.79 bits per heavy atom. The zero-order chi connectivity index (χ0) is 24.9. The lowest BCUT2D eigenvalue weighted by atomic mass is 9.64. The van der Waals surface area contributed by atoms with E-state index in [2.05, 4.69) is 31.2 Å². The number of carbonyl (C=O) groups excluding carboxylic acids is 2. The van der Waals surface area contributed by atoms with E-state index >= 15 is 0 Å². The van der Waals surface area contributed by atoms with Crippen LogP contribution < -0.4 is 5.32 Å². The zero-order valence-corrected chi connectivity index (χ0v) is 20.1. The molecule has 8 nitrogen and oxygen atoms in total. The van der Waals surface area contributed by atoms with Gasteiger partial charge in [-0.25, -0.2) is 4.79 Å². The normalized spacial score (nSPS) is 25.9. The van der Waals surface area contributed by atoms with Crippen LogP contribution in [0.25, 0.3) is 0 Å². The van der Waals surface area contributed by atoms with Gasteiger partial charge in [0.1, 0.15) is 0 Å². The van der Waals surface area contributed by atoms with Gasteiger partial charge < -0.3 is 10.2 Å². The fourth-order valence-electron chi connectivity index (χ4n) is 5.49. The van der Waals surface area contributed by atoms with Crippen LogP contribution in [-0.2, 0) is 9.63 Å². The number of nitro benzene ring substituents is 1. The van der Waals surface area contributed by atoms with Crippen LogP contribution in [0.5, 0.6) is 0 Å². The topological polar surface area (TPSA) is 111 Å². The molecule has 1 N–H and O–H groups in total. The zero-order valence-electron chi connectivity index (χ0n) is 20.1. The van der Waals surface area contributed by atoms with Crippen molar-refractivity contribution in [2.24, 2.45) is 21.4 Å². The highest BCUT2D eigenvalue weighted by Crippen LogP contribution is 2.71. The lowest BCUT2D eigenvalue weighted by Crippen LogP contribution is -2.43. The van der Waals surface area contributed by atoms with Gasteiger partial charge in [0.25, 0.3) is 5.69 Å². The third-order valence-corrected chi connectivity index (χ3v) is 8.46. The van der Waals surface area contributed by atoms with Crippen LogP contribution in [0.15, 0.2) is 47.6 Å². The van der Waals surface area contributed by atoms with Gasteiger partial charge in [0, 0.05) is 29.7 Å². The summed E-state index contributed by atoms with van der Waals surface area (Å²) < 4.78 is 0. The number of benzene rings is 2. The molecule has 1 amide bonds. The number of nitro groups is 1. The summed E-state index contributed by atoms with van der Waals surface area (Å²) in [5.41, 5.74) is 2.02. The van der Waals surface area contributed by atoms with Gasteiger partial charge in [0.05, 0.1) is 21.6 Å². The average Bonchev–Trinajstić information content (AvgIpc) is 3.10. The van der Waals surface area contributed by atoms with Gasteiger partial charge in [-0.3, -0.25) is 14.9 Å². The van der Waals surface area contributed by atoms with E-state index in [9.17, 15) is 19.7 Å². The Labute approximate surface area is 198 Å². The van der Waals surface area contributed by atoms with Crippen LogP contribution in [0.3, 0.4) is 0 Å². The Kier molecular flexibility index (Phi) is 5.58. The fourth-order valence-corrected chi connectivity index (χ4v) is 5.49. The molecule has 2 aromatic carbocycles. The van der Waals surface area contributed by atoms with E-state index in [1.54, 1.807) is 0 Å². The van der Waals surface area contributed by atoms with Gasteiger partial charge in [-0.2, -0.15) is 0 Å². The Morgan fingerprint density at radius 3 is 2.47 bits per heavy atom. The molecule has 2 bridgehead atoms. The number of aryl methyl sites for hydroxylation is 2. The highest BCUT2D eigenvalue weighted by molar-refractivity contribution is 6.06. The molecule has 2 aliphatic rings. The second kappa shape index (κ2) is 8.04. The van der Waals surface area contributed by atoms with Crippen LogP contribution in [0, 0.1) is 40.2 Å². The van der Waals surface area contributed by atoms with E-state index < -0.39 is 27.1 Å². The number of amides is 1. The number of hydrogen-bond donors (Lipinski definition) is 1. The Balaban J connectivity index is 1.58. The van der Waals surface area contributed by atoms with Gasteiger partial charge in [0.2, 0.25) is 5.91 Å². The minimum atomic E-state index is -0.769. The molecule has 0 radical (unpaired) electrons. The molecule has 8 heteroatoms. The number of non-ortho nitro benzene ring substituents is 1. The molecule has 4 rings (SSSR count). The molecular formula is C26H29N3O5. The first-order valence-electron chi connectivity index (χ1n) is 11.3. The van der Waals surface area contributed by atoms with E-state index in [4.69, 9.17) is 4.84 Å². The molecule has 2 atom stereocenters. The molecular weight excluding hydrogens is 434 g/mol. The van der Waals surface area contributed by atoms with Crippen molar-refractivity contribution in [3.05, 3.63) is 69.3 Å². The number of nitrogens with one attached hydrogen (secondary N) is 1. The molecule has 0 aromatic heterocycles. The largest absolute Gasteiger partial charge is 0.365 e.